The largest absolute Gasteiger partial charge is 0.379 e. The zero-order valence-corrected chi connectivity index (χ0v) is 16.1. The van der Waals surface area contributed by atoms with E-state index in [1.165, 1.54) is 13.3 Å². The van der Waals surface area contributed by atoms with Crippen molar-refractivity contribution >= 4 is 34.6 Å². The van der Waals surface area contributed by atoms with Gasteiger partial charge >= 0.3 is 5.69 Å². The van der Waals surface area contributed by atoms with E-state index < -0.39 is 4.92 Å². The van der Waals surface area contributed by atoms with Gasteiger partial charge in [-0.1, -0.05) is 0 Å². The topological polar surface area (TPSA) is 135 Å². The zero-order valence-electron chi connectivity index (χ0n) is 16.1. The molecule has 0 saturated carbocycles. The summed E-state index contributed by atoms with van der Waals surface area (Å²) in [6.07, 6.45) is 1.28. The van der Waals surface area contributed by atoms with Gasteiger partial charge in [-0.15, -0.1) is 0 Å². The molecule has 29 heavy (non-hydrogen) atoms. The Balaban J connectivity index is 1.69. The highest BCUT2D eigenvalue weighted by molar-refractivity contribution is 5.89. The number of nitro groups is 1. The minimum absolute atomic E-state index is 0.0890. The summed E-state index contributed by atoms with van der Waals surface area (Å²) in [6.45, 7) is 5.75. The second-order valence-corrected chi connectivity index (χ2v) is 6.44. The van der Waals surface area contributed by atoms with Crippen molar-refractivity contribution < 1.29 is 14.5 Å². The SMILES string of the molecule is CC(=O)Nc1ccc(Nc2ncnc(NCCN3CCOCC3)c2[N+](=O)[O-])cc1. The molecule has 1 amide bonds. The van der Waals surface area contributed by atoms with Crippen LogP contribution in [0.3, 0.4) is 0 Å². The smallest absolute Gasteiger partial charge is 0.353 e. The number of anilines is 4. The first-order valence-electron chi connectivity index (χ1n) is 9.21. The third-order valence-electron chi connectivity index (χ3n) is 4.30. The van der Waals surface area contributed by atoms with Crippen molar-refractivity contribution in [3.05, 3.63) is 40.7 Å². The number of rotatable bonds is 8. The molecule has 0 unspecified atom stereocenters. The van der Waals surface area contributed by atoms with Crippen LogP contribution in [0.25, 0.3) is 0 Å². The summed E-state index contributed by atoms with van der Waals surface area (Å²) >= 11 is 0. The van der Waals surface area contributed by atoms with Gasteiger partial charge in [0, 0.05) is 44.5 Å². The lowest BCUT2D eigenvalue weighted by Gasteiger charge is -2.26. The summed E-state index contributed by atoms with van der Waals surface area (Å²) < 4.78 is 5.31. The van der Waals surface area contributed by atoms with E-state index in [0.29, 0.717) is 31.1 Å². The molecule has 0 spiro atoms. The summed E-state index contributed by atoms with van der Waals surface area (Å²) in [5, 5.41) is 20.3. The summed E-state index contributed by atoms with van der Waals surface area (Å²) in [6, 6.07) is 6.78. The van der Waals surface area contributed by atoms with Crippen molar-refractivity contribution in [2.24, 2.45) is 0 Å². The van der Waals surface area contributed by atoms with E-state index >= 15 is 0 Å². The molecular formula is C18H23N7O4. The molecule has 1 aromatic carbocycles. The Labute approximate surface area is 167 Å². The zero-order chi connectivity index (χ0) is 20.6. The average molecular weight is 401 g/mol. The van der Waals surface area contributed by atoms with Crippen LogP contribution in [-0.2, 0) is 9.53 Å². The molecule has 2 heterocycles. The first-order chi connectivity index (χ1) is 14.0. The van der Waals surface area contributed by atoms with E-state index in [1.807, 2.05) is 0 Å². The van der Waals surface area contributed by atoms with Gasteiger partial charge in [0.15, 0.2) is 0 Å². The Hall–Kier alpha value is -3.31. The van der Waals surface area contributed by atoms with Gasteiger partial charge < -0.3 is 20.7 Å². The number of amides is 1. The van der Waals surface area contributed by atoms with Gasteiger partial charge in [-0.25, -0.2) is 9.97 Å². The molecule has 0 atom stereocenters. The number of carbonyl (C=O) groups excluding carboxylic acids is 1. The predicted molar refractivity (Wildman–Crippen MR) is 108 cm³/mol. The number of nitrogens with one attached hydrogen (secondary N) is 3. The third kappa shape index (κ3) is 5.83. The highest BCUT2D eigenvalue weighted by atomic mass is 16.6. The number of hydrogen-bond acceptors (Lipinski definition) is 9. The lowest BCUT2D eigenvalue weighted by atomic mass is 10.2. The molecule has 11 nitrogen and oxygen atoms in total. The summed E-state index contributed by atoms with van der Waals surface area (Å²) in [5.41, 5.74) is 1.01. The Morgan fingerprint density at radius 3 is 2.48 bits per heavy atom. The third-order valence-corrected chi connectivity index (χ3v) is 4.30. The van der Waals surface area contributed by atoms with Gasteiger partial charge in [-0.2, -0.15) is 0 Å². The first-order valence-corrected chi connectivity index (χ1v) is 9.21. The van der Waals surface area contributed by atoms with E-state index in [1.54, 1.807) is 24.3 Å². The average Bonchev–Trinajstić information content (AvgIpc) is 2.70. The van der Waals surface area contributed by atoms with Crippen molar-refractivity contribution in [1.82, 2.24) is 14.9 Å². The van der Waals surface area contributed by atoms with E-state index in [2.05, 4.69) is 30.8 Å². The van der Waals surface area contributed by atoms with Crippen molar-refractivity contribution in [1.29, 1.82) is 0 Å². The molecule has 1 saturated heterocycles. The van der Waals surface area contributed by atoms with Crippen LogP contribution in [0.15, 0.2) is 30.6 Å². The Morgan fingerprint density at radius 1 is 1.17 bits per heavy atom. The van der Waals surface area contributed by atoms with Crippen LogP contribution in [-0.4, -0.2) is 65.1 Å². The van der Waals surface area contributed by atoms with Gasteiger partial charge in [-0.3, -0.25) is 19.8 Å². The molecule has 1 fully saturated rings. The van der Waals surface area contributed by atoms with Crippen LogP contribution in [0.4, 0.5) is 28.7 Å². The molecule has 3 rings (SSSR count). The fourth-order valence-electron chi connectivity index (χ4n) is 2.91. The van der Waals surface area contributed by atoms with Gasteiger partial charge in [0.1, 0.15) is 6.33 Å². The summed E-state index contributed by atoms with van der Waals surface area (Å²) in [4.78, 5) is 32.5. The predicted octanol–water partition coefficient (Wildman–Crippen LogP) is 1.83. The fraction of sp³-hybridized carbons (Fsp3) is 0.389. The van der Waals surface area contributed by atoms with Crippen LogP contribution in [0, 0.1) is 10.1 Å². The van der Waals surface area contributed by atoms with Crippen molar-refractivity contribution in [2.75, 3.05) is 55.3 Å². The monoisotopic (exact) mass is 401 g/mol. The fourth-order valence-corrected chi connectivity index (χ4v) is 2.91. The molecule has 1 aliphatic rings. The maximum Gasteiger partial charge on any atom is 0.353 e. The quantitative estimate of drug-likeness (QED) is 0.447. The lowest BCUT2D eigenvalue weighted by Crippen LogP contribution is -2.39. The minimum Gasteiger partial charge on any atom is -0.379 e. The van der Waals surface area contributed by atoms with E-state index in [0.717, 1.165) is 19.6 Å². The lowest BCUT2D eigenvalue weighted by molar-refractivity contribution is -0.383. The second-order valence-electron chi connectivity index (χ2n) is 6.44. The van der Waals surface area contributed by atoms with E-state index in [-0.39, 0.29) is 23.2 Å². The number of aromatic nitrogens is 2. The number of ether oxygens (including phenoxy) is 1. The number of morpholine rings is 1. The van der Waals surface area contributed by atoms with Gasteiger partial charge in [0.2, 0.25) is 17.5 Å². The highest BCUT2D eigenvalue weighted by Crippen LogP contribution is 2.31. The molecule has 154 valence electrons. The molecule has 0 radical (unpaired) electrons. The highest BCUT2D eigenvalue weighted by Gasteiger charge is 2.23. The van der Waals surface area contributed by atoms with Gasteiger partial charge in [0.25, 0.3) is 0 Å². The molecular weight excluding hydrogens is 378 g/mol. The molecule has 1 aromatic heterocycles. The molecule has 0 aliphatic carbocycles. The minimum atomic E-state index is -0.509. The number of carbonyl (C=O) groups is 1. The molecule has 1 aliphatic heterocycles. The van der Waals surface area contributed by atoms with Crippen molar-refractivity contribution in [3.8, 4) is 0 Å². The summed E-state index contributed by atoms with van der Waals surface area (Å²) in [5.74, 6) is 0.0757. The maximum absolute atomic E-state index is 11.6. The number of benzene rings is 1. The van der Waals surface area contributed by atoms with Crippen LogP contribution in [0.5, 0.6) is 0 Å². The Morgan fingerprint density at radius 2 is 1.83 bits per heavy atom. The standard InChI is InChI=1S/C18H23N7O4/c1-13(26)22-14-2-4-15(5-3-14)23-18-16(25(27)28)17(20-12-21-18)19-6-7-24-8-10-29-11-9-24/h2-5,12H,6-11H2,1H3,(H,22,26)(H2,19,20,21,23). The van der Waals surface area contributed by atoms with Gasteiger partial charge in [-0.05, 0) is 24.3 Å². The van der Waals surface area contributed by atoms with E-state index in [4.69, 9.17) is 4.74 Å². The molecule has 11 heteroatoms. The summed E-state index contributed by atoms with van der Waals surface area (Å²) in [7, 11) is 0. The second kappa shape index (κ2) is 9.75. The van der Waals surface area contributed by atoms with Crippen LogP contribution in [0.1, 0.15) is 6.92 Å². The molecule has 3 N–H and O–H groups in total. The maximum atomic E-state index is 11.6. The van der Waals surface area contributed by atoms with E-state index in [9.17, 15) is 14.9 Å². The van der Waals surface area contributed by atoms with Crippen LogP contribution < -0.4 is 16.0 Å². The number of nitrogens with zero attached hydrogens (tertiary/aromatic N) is 4. The van der Waals surface area contributed by atoms with Crippen molar-refractivity contribution in [3.63, 3.8) is 0 Å². The number of hydrogen-bond donors (Lipinski definition) is 3. The van der Waals surface area contributed by atoms with Crippen molar-refractivity contribution in [2.45, 2.75) is 6.92 Å². The normalized spacial score (nSPS) is 14.2. The van der Waals surface area contributed by atoms with Crippen LogP contribution >= 0.6 is 0 Å². The Kier molecular flexibility index (Phi) is 6.87. The molecule has 2 aromatic rings. The Bertz CT molecular complexity index is 854. The molecule has 0 bridgehead atoms. The first kappa shape index (κ1) is 20.4. The van der Waals surface area contributed by atoms with Gasteiger partial charge in [0.05, 0.1) is 18.1 Å². The van der Waals surface area contributed by atoms with Crippen LogP contribution in [0.2, 0.25) is 0 Å².